The predicted molar refractivity (Wildman–Crippen MR) is 109 cm³/mol. The Bertz CT molecular complexity index is 1050. The van der Waals surface area contributed by atoms with E-state index in [0.29, 0.717) is 17.8 Å². The SMILES string of the molecule is CN(Cc1ccncc1)C(=O)c1cccc(S(=O)(=O)N(C)c2ccccc2)c1. The lowest BCUT2D eigenvalue weighted by molar-refractivity contribution is 0.0785. The van der Waals surface area contributed by atoms with E-state index in [4.69, 9.17) is 0 Å². The number of hydrogen-bond donors (Lipinski definition) is 0. The van der Waals surface area contributed by atoms with Crippen molar-refractivity contribution < 1.29 is 13.2 Å². The first-order valence-corrected chi connectivity index (χ1v) is 10.1. The molecule has 0 aliphatic heterocycles. The highest BCUT2D eigenvalue weighted by molar-refractivity contribution is 7.92. The van der Waals surface area contributed by atoms with Crippen molar-refractivity contribution in [2.45, 2.75) is 11.4 Å². The van der Waals surface area contributed by atoms with Gasteiger partial charge in [0.1, 0.15) is 0 Å². The van der Waals surface area contributed by atoms with Crippen LogP contribution in [-0.2, 0) is 16.6 Å². The van der Waals surface area contributed by atoms with Crippen LogP contribution >= 0.6 is 0 Å². The monoisotopic (exact) mass is 395 g/mol. The number of amides is 1. The first-order chi connectivity index (χ1) is 13.4. The van der Waals surface area contributed by atoms with Crippen LogP contribution in [0.3, 0.4) is 0 Å². The Hall–Kier alpha value is -3.19. The largest absolute Gasteiger partial charge is 0.337 e. The summed E-state index contributed by atoms with van der Waals surface area (Å²) >= 11 is 0. The van der Waals surface area contributed by atoms with E-state index in [9.17, 15) is 13.2 Å². The molecular weight excluding hydrogens is 374 g/mol. The zero-order chi connectivity index (χ0) is 20.1. The molecule has 0 fully saturated rings. The van der Waals surface area contributed by atoms with Gasteiger partial charge in [-0.1, -0.05) is 24.3 Å². The summed E-state index contributed by atoms with van der Waals surface area (Å²) in [6, 6.07) is 18.6. The van der Waals surface area contributed by atoms with Gasteiger partial charge in [0.25, 0.3) is 15.9 Å². The Morgan fingerprint density at radius 3 is 2.29 bits per heavy atom. The average Bonchev–Trinajstić information content (AvgIpc) is 2.74. The standard InChI is InChI=1S/C21H21N3O3S/c1-23(16-17-11-13-22-14-12-17)21(25)18-7-6-10-20(15-18)28(26,27)24(2)19-8-4-3-5-9-19/h3-15H,16H2,1-2H3. The first-order valence-electron chi connectivity index (χ1n) is 8.68. The number of carbonyl (C=O) groups is 1. The molecule has 0 N–H and O–H groups in total. The van der Waals surface area contributed by atoms with Gasteiger partial charge < -0.3 is 4.90 Å². The molecule has 3 rings (SSSR count). The summed E-state index contributed by atoms with van der Waals surface area (Å²) in [5.74, 6) is -0.253. The Morgan fingerprint density at radius 2 is 1.61 bits per heavy atom. The molecule has 7 heteroatoms. The molecular formula is C21H21N3O3S. The lowest BCUT2D eigenvalue weighted by Crippen LogP contribution is -2.28. The second kappa shape index (κ2) is 8.22. The molecule has 6 nitrogen and oxygen atoms in total. The summed E-state index contributed by atoms with van der Waals surface area (Å²) in [4.78, 5) is 18.3. The van der Waals surface area contributed by atoms with Crippen molar-refractivity contribution in [3.63, 3.8) is 0 Å². The topological polar surface area (TPSA) is 70.6 Å². The molecule has 0 aliphatic rings. The fourth-order valence-corrected chi connectivity index (χ4v) is 4.02. The molecule has 2 aromatic carbocycles. The van der Waals surface area contributed by atoms with E-state index in [1.807, 2.05) is 18.2 Å². The maximum atomic E-state index is 13.0. The number of aromatic nitrogens is 1. The van der Waals surface area contributed by atoms with E-state index in [-0.39, 0.29) is 10.8 Å². The van der Waals surface area contributed by atoms with Crippen LogP contribution < -0.4 is 4.31 Å². The van der Waals surface area contributed by atoms with E-state index in [1.165, 1.54) is 23.5 Å². The van der Waals surface area contributed by atoms with Crippen LogP contribution in [0.25, 0.3) is 0 Å². The maximum absolute atomic E-state index is 13.0. The third-order valence-corrected chi connectivity index (χ3v) is 6.16. The second-order valence-corrected chi connectivity index (χ2v) is 8.32. The van der Waals surface area contributed by atoms with Gasteiger partial charge in [-0.25, -0.2) is 8.42 Å². The van der Waals surface area contributed by atoms with Gasteiger partial charge in [0.2, 0.25) is 0 Å². The molecule has 1 heterocycles. The number of para-hydroxylation sites is 1. The number of sulfonamides is 1. The van der Waals surface area contributed by atoms with Gasteiger partial charge in [-0.3, -0.25) is 14.1 Å². The van der Waals surface area contributed by atoms with Crippen LogP contribution in [0.15, 0.2) is 84.0 Å². The molecule has 0 saturated heterocycles. The summed E-state index contributed by atoms with van der Waals surface area (Å²) in [6.07, 6.45) is 3.33. The lowest BCUT2D eigenvalue weighted by Gasteiger charge is -2.21. The second-order valence-electron chi connectivity index (χ2n) is 6.35. The van der Waals surface area contributed by atoms with Gasteiger partial charge in [0.15, 0.2) is 0 Å². The average molecular weight is 395 g/mol. The minimum atomic E-state index is -3.78. The number of pyridine rings is 1. The highest BCUT2D eigenvalue weighted by atomic mass is 32.2. The van der Waals surface area contributed by atoms with Crippen LogP contribution in [0, 0.1) is 0 Å². The fraction of sp³-hybridized carbons (Fsp3) is 0.143. The minimum Gasteiger partial charge on any atom is -0.337 e. The number of nitrogens with zero attached hydrogens (tertiary/aromatic N) is 3. The third kappa shape index (κ3) is 4.20. The molecule has 144 valence electrons. The van der Waals surface area contributed by atoms with Crippen LogP contribution in [0.1, 0.15) is 15.9 Å². The van der Waals surface area contributed by atoms with Gasteiger partial charge in [0, 0.05) is 38.6 Å². The maximum Gasteiger partial charge on any atom is 0.264 e. The summed E-state index contributed by atoms with van der Waals surface area (Å²) in [5, 5.41) is 0. The lowest BCUT2D eigenvalue weighted by atomic mass is 10.2. The smallest absolute Gasteiger partial charge is 0.264 e. The molecule has 0 saturated carbocycles. The van der Waals surface area contributed by atoms with Crippen molar-refractivity contribution in [3.8, 4) is 0 Å². The normalized spacial score (nSPS) is 11.1. The van der Waals surface area contributed by atoms with Gasteiger partial charge in [-0.2, -0.15) is 0 Å². The molecule has 0 spiro atoms. The van der Waals surface area contributed by atoms with Crippen LogP contribution in [0.5, 0.6) is 0 Å². The van der Waals surface area contributed by atoms with E-state index in [0.717, 1.165) is 5.56 Å². The number of rotatable bonds is 6. The van der Waals surface area contributed by atoms with Crippen LogP contribution in [0.4, 0.5) is 5.69 Å². The van der Waals surface area contributed by atoms with Crippen molar-refractivity contribution in [1.82, 2.24) is 9.88 Å². The number of hydrogen-bond acceptors (Lipinski definition) is 4. The summed E-state index contributed by atoms with van der Waals surface area (Å²) in [5.41, 5.74) is 1.81. The fourth-order valence-electron chi connectivity index (χ4n) is 2.78. The van der Waals surface area contributed by atoms with E-state index in [2.05, 4.69) is 4.98 Å². The van der Waals surface area contributed by atoms with Gasteiger partial charge >= 0.3 is 0 Å². The van der Waals surface area contributed by atoms with Gasteiger partial charge in [0.05, 0.1) is 10.6 Å². The van der Waals surface area contributed by atoms with Gasteiger partial charge in [-0.05, 0) is 48.0 Å². The predicted octanol–water partition coefficient (Wildman–Crippen LogP) is 3.18. The molecule has 0 bridgehead atoms. The van der Waals surface area contributed by atoms with Crippen molar-refractivity contribution in [2.24, 2.45) is 0 Å². The van der Waals surface area contributed by atoms with Crippen molar-refractivity contribution in [1.29, 1.82) is 0 Å². The van der Waals surface area contributed by atoms with E-state index >= 15 is 0 Å². The molecule has 1 aromatic heterocycles. The van der Waals surface area contributed by atoms with Gasteiger partial charge in [-0.15, -0.1) is 0 Å². The molecule has 28 heavy (non-hydrogen) atoms. The number of benzene rings is 2. The van der Waals surface area contributed by atoms with Crippen molar-refractivity contribution in [2.75, 3.05) is 18.4 Å². The Balaban J connectivity index is 1.84. The van der Waals surface area contributed by atoms with Crippen molar-refractivity contribution in [3.05, 3.63) is 90.3 Å². The van der Waals surface area contributed by atoms with Crippen LogP contribution in [0.2, 0.25) is 0 Å². The Kier molecular flexibility index (Phi) is 5.75. The molecule has 0 unspecified atom stereocenters. The third-order valence-electron chi connectivity index (χ3n) is 4.37. The first kappa shape index (κ1) is 19.6. The highest BCUT2D eigenvalue weighted by Gasteiger charge is 2.23. The minimum absolute atomic E-state index is 0.0713. The van der Waals surface area contributed by atoms with Crippen LogP contribution in [-0.4, -0.2) is 38.3 Å². The Labute approximate surface area is 165 Å². The quantitative estimate of drug-likeness (QED) is 0.643. The van der Waals surface area contributed by atoms with Crippen molar-refractivity contribution >= 4 is 21.6 Å². The zero-order valence-electron chi connectivity index (χ0n) is 15.7. The number of carbonyl (C=O) groups excluding carboxylic acids is 1. The number of anilines is 1. The molecule has 1 amide bonds. The highest BCUT2D eigenvalue weighted by Crippen LogP contribution is 2.22. The summed E-state index contributed by atoms with van der Waals surface area (Å²) in [6.45, 7) is 0.405. The van der Waals surface area contributed by atoms with E-state index in [1.54, 1.807) is 60.7 Å². The molecule has 0 atom stereocenters. The molecule has 0 aliphatic carbocycles. The summed E-state index contributed by atoms with van der Waals surface area (Å²) < 4.78 is 27.1. The molecule has 3 aromatic rings. The molecule has 0 radical (unpaired) electrons. The Morgan fingerprint density at radius 1 is 0.929 bits per heavy atom. The summed E-state index contributed by atoms with van der Waals surface area (Å²) in [7, 11) is -0.603. The van der Waals surface area contributed by atoms with E-state index < -0.39 is 10.0 Å². The zero-order valence-corrected chi connectivity index (χ0v) is 16.5.